The standard InChI is InChI=1S/C14H20N4O/c15-17-9-8-16-14-6-10-18(11-7-14)19-12-13-4-2-1-3-5-13/h1-5,8-9,14-16H,6-7,10-12H2/b9-8-,17-15?. The lowest BCUT2D eigenvalue weighted by Crippen LogP contribution is -2.40. The van der Waals surface area contributed by atoms with Gasteiger partial charge in [0.05, 0.1) is 12.8 Å². The summed E-state index contributed by atoms with van der Waals surface area (Å²) in [6, 6.07) is 10.7. The van der Waals surface area contributed by atoms with E-state index >= 15 is 0 Å². The maximum Gasteiger partial charge on any atom is 0.0935 e. The molecule has 0 spiro atoms. The summed E-state index contributed by atoms with van der Waals surface area (Å²) in [6.07, 6.45) is 5.27. The van der Waals surface area contributed by atoms with Crippen LogP contribution in [0.1, 0.15) is 18.4 Å². The molecule has 1 fully saturated rings. The van der Waals surface area contributed by atoms with Crippen LogP contribution in [0.25, 0.3) is 0 Å². The predicted molar refractivity (Wildman–Crippen MR) is 73.2 cm³/mol. The van der Waals surface area contributed by atoms with Crippen LogP contribution < -0.4 is 5.32 Å². The maximum atomic E-state index is 6.66. The Balaban J connectivity index is 1.66. The van der Waals surface area contributed by atoms with Gasteiger partial charge in [0.15, 0.2) is 0 Å². The van der Waals surface area contributed by atoms with Gasteiger partial charge in [-0.05, 0) is 18.4 Å². The van der Waals surface area contributed by atoms with Gasteiger partial charge >= 0.3 is 0 Å². The van der Waals surface area contributed by atoms with Crippen molar-refractivity contribution in [1.82, 2.24) is 10.4 Å². The molecule has 0 amide bonds. The lowest BCUT2D eigenvalue weighted by atomic mass is 10.1. The maximum absolute atomic E-state index is 6.66. The minimum atomic E-state index is 0.453. The molecule has 2 rings (SSSR count). The zero-order chi connectivity index (χ0) is 13.3. The van der Waals surface area contributed by atoms with E-state index in [0.29, 0.717) is 12.6 Å². The number of nitrogens with one attached hydrogen (secondary N) is 2. The topological polar surface area (TPSA) is 60.7 Å². The molecule has 0 unspecified atom stereocenters. The van der Waals surface area contributed by atoms with Crippen LogP contribution in [0.4, 0.5) is 0 Å². The molecule has 0 atom stereocenters. The van der Waals surface area contributed by atoms with Crippen LogP contribution in [0.2, 0.25) is 0 Å². The molecule has 0 radical (unpaired) electrons. The van der Waals surface area contributed by atoms with Gasteiger partial charge in [-0.1, -0.05) is 30.3 Å². The highest BCUT2D eigenvalue weighted by molar-refractivity contribution is 5.13. The van der Waals surface area contributed by atoms with Crippen molar-refractivity contribution in [2.75, 3.05) is 13.1 Å². The van der Waals surface area contributed by atoms with Crippen LogP contribution in [0.5, 0.6) is 0 Å². The van der Waals surface area contributed by atoms with E-state index in [9.17, 15) is 0 Å². The Morgan fingerprint density at radius 3 is 2.74 bits per heavy atom. The van der Waals surface area contributed by atoms with Gasteiger partial charge in [-0.15, -0.1) is 0 Å². The van der Waals surface area contributed by atoms with Gasteiger partial charge in [-0.2, -0.15) is 10.2 Å². The third-order valence-corrected chi connectivity index (χ3v) is 3.19. The molecular weight excluding hydrogens is 240 g/mol. The van der Waals surface area contributed by atoms with Crippen LogP contribution >= 0.6 is 0 Å². The fourth-order valence-corrected chi connectivity index (χ4v) is 2.11. The van der Waals surface area contributed by atoms with Gasteiger partial charge in [0.25, 0.3) is 0 Å². The highest BCUT2D eigenvalue weighted by Gasteiger charge is 2.18. The number of hydrogen-bond acceptors (Lipinski definition) is 5. The number of piperidine rings is 1. The van der Waals surface area contributed by atoms with Crippen molar-refractivity contribution in [3.8, 4) is 0 Å². The van der Waals surface area contributed by atoms with Crippen LogP contribution in [0.15, 0.2) is 47.8 Å². The molecule has 0 saturated carbocycles. The third-order valence-electron chi connectivity index (χ3n) is 3.19. The van der Waals surface area contributed by atoms with E-state index in [1.807, 2.05) is 23.3 Å². The van der Waals surface area contributed by atoms with Crippen LogP contribution in [-0.4, -0.2) is 24.2 Å². The average Bonchev–Trinajstić information content (AvgIpc) is 2.48. The molecule has 1 aliphatic heterocycles. The minimum Gasteiger partial charge on any atom is -0.387 e. The van der Waals surface area contributed by atoms with Crippen molar-refractivity contribution >= 4 is 0 Å². The average molecular weight is 260 g/mol. The van der Waals surface area contributed by atoms with Crippen LogP contribution in [-0.2, 0) is 11.4 Å². The van der Waals surface area contributed by atoms with E-state index in [1.165, 1.54) is 11.8 Å². The van der Waals surface area contributed by atoms with E-state index in [4.69, 9.17) is 10.4 Å². The normalized spacial score (nSPS) is 17.7. The Labute approximate surface area is 113 Å². The van der Waals surface area contributed by atoms with E-state index < -0.39 is 0 Å². The number of hydroxylamine groups is 2. The first-order chi connectivity index (χ1) is 9.38. The van der Waals surface area contributed by atoms with Crippen LogP contribution in [0, 0.1) is 5.53 Å². The second kappa shape index (κ2) is 7.66. The van der Waals surface area contributed by atoms with Gasteiger partial charge in [-0.25, -0.2) is 5.53 Å². The van der Waals surface area contributed by atoms with Gasteiger partial charge in [0, 0.05) is 25.3 Å². The van der Waals surface area contributed by atoms with E-state index in [2.05, 4.69) is 22.6 Å². The quantitative estimate of drug-likeness (QED) is 0.773. The Morgan fingerprint density at radius 1 is 1.32 bits per heavy atom. The molecule has 0 aliphatic carbocycles. The highest BCUT2D eigenvalue weighted by Crippen LogP contribution is 2.12. The van der Waals surface area contributed by atoms with Gasteiger partial charge < -0.3 is 5.32 Å². The molecule has 2 N–H and O–H groups in total. The van der Waals surface area contributed by atoms with Gasteiger partial charge in [0.2, 0.25) is 0 Å². The van der Waals surface area contributed by atoms with Gasteiger partial charge in [-0.3, -0.25) is 4.84 Å². The number of hydrogen-bond donors (Lipinski definition) is 2. The molecule has 5 nitrogen and oxygen atoms in total. The second-order valence-corrected chi connectivity index (χ2v) is 4.57. The molecule has 1 aromatic carbocycles. The zero-order valence-corrected chi connectivity index (χ0v) is 11.0. The molecule has 1 aromatic rings. The summed E-state index contributed by atoms with van der Waals surface area (Å²) in [6.45, 7) is 2.49. The summed E-state index contributed by atoms with van der Waals surface area (Å²) in [5, 5.41) is 8.44. The monoisotopic (exact) mass is 260 g/mol. The Morgan fingerprint density at radius 2 is 2.05 bits per heavy atom. The third kappa shape index (κ3) is 4.81. The summed E-state index contributed by atoms with van der Waals surface area (Å²) < 4.78 is 0. The molecule has 19 heavy (non-hydrogen) atoms. The first-order valence-electron chi connectivity index (χ1n) is 6.58. The summed E-state index contributed by atoms with van der Waals surface area (Å²) in [5.74, 6) is 0. The first-order valence-corrected chi connectivity index (χ1v) is 6.58. The SMILES string of the molecule is N=N/C=C\NC1CCN(OCc2ccccc2)CC1. The Bertz CT molecular complexity index is 399. The molecule has 0 aromatic heterocycles. The molecule has 1 heterocycles. The number of nitrogens with zero attached hydrogens (tertiary/aromatic N) is 2. The molecule has 102 valence electrons. The van der Waals surface area contributed by atoms with E-state index in [-0.39, 0.29) is 0 Å². The zero-order valence-electron chi connectivity index (χ0n) is 11.0. The Kier molecular flexibility index (Phi) is 5.52. The smallest absolute Gasteiger partial charge is 0.0935 e. The summed E-state index contributed by atoms with van der Waals surface area (Å²) in [4.78, 5) is 5.78. The summed E-state index contributed by atoms with van der Waals surface area (Å²) >= 11 is 0. The van der Waals surface area contributed by atoms with Crippen molar-refractivity contribution in [3.63, 3.8) is 0 Å². The van der Waals surface area contributed by atoms with E-state index in [1.54, 1.807) is 6.20 Å². The first kappa shape index (κ1) is 13.7. The number of rotatable bonds is 6. The van der Waals surface area contributed by atoms with Crippen molar-refractivity contribution in [2.45, 2.75) is 25.5 Å². The Hall–Kier alpha value is -1.72. The predicted octanol–water partition coefficient (Wildman–Crippen LogP) is 2.67. The number of benzene rings is 1. The lowest BCUT2D eigenvalue weighted by Gasteiger charge is -2.31. The fraction of sp³-hybridized carbons (Fsp3) is 0.429. The van der Waals surface area contributed by atoms with Gasteiger partial charge in [0.1, 0.15) is 0 Å². The molecule has 0 bridgehead atoms. The highest BCUT2D eigenvalue weighted by atomic mass is 16.7. The van der Waals surface area contributed by atoms with Crippen molar-refractivity contribution in [1.29, 1.82) is 5.53 Å². The minimum absolute atomic E-state index is 0.453. The van der Waals surface area contributed by atoms with Crippen molar-refractivity contribution in [3.05, 3.63) is 48.3 Å². The largest absolute Gasteiger partial charge is 0.387 e. The second-order valence-electron chi connectivity index (χ2n) is 4.57. The summed E-state index contributed by atoms with van der Waals surface area (Å²) in [7, 11) is 0. The molecule has 1 aliphatic rings. The van der Waals surface area contributed by atoms with Crippen molar-refractivity contribution in [2.24, 2.45) is 5.11 Å². The molecule has 5 heteroatoms. The summed E-state index contributed by atoms with van der Waals surface area (Å²) in [5.41, 5.74) is 7.86. The fourth-order valence-electron chi connectivity index (χ4n) is 2.11. The van der Waals surface area contributed by atoms with Crippen molar-refractivity contribution < 1.29 is 4.84 Å². The van der Waals surface area contributed by atoms with E-state index in [0.717, 1.165) is 25.9 Å². The molecule has 1 saturated heterocycles. The van der Waals surface area contributed by atoms with Crippen LogP contribution in [0.3, 0.4) is 0 Å². The lowest BCUT2D eigenvalue weighted by molar-refractivity contribution is -0.180. The molecular formula is C14H20N4O.